The molecule has 3 aromatic heterocycles. The molecule has 0 aliphatic carbocycles. The molecule has 0 radical (unpaired) electrons. The van der Waals surface area contributed by atoms with E-state index in [1.807, 2.05) is 17.2 Å². The van der Waals surface area contributed by atoms with Crippen LogP contribution in [-0.4, -0.2) is 56.5 Å². The third-order valence-corrected chi connectivity index (χ3v) is 5.05. The van der Waals surface area contributed by atoms with Gasteiger partial charge in [-0.3, -0.25) is 9.69 Å². The Morgan fingerprint density at radius 2 is 2.21 bits per heavy atom. The van der Waals surface area contributed by atoms with Crippen molar-refractivity contribution in [3.05, 3.63) is 52.6 Å². The molecule has 7 heteroatoms. The highest BCUT2D eigenvalue weighted by Gasteiger charge is 2.22. The standard InChI is InChI=1S/C17H19N5OS/c23-17(15-11-16-18-4-1-7-22(16)19-15)21-6-2-5-20(8-9-21)12-14-3-10-24-13-14/h1,3-4,7,10-11,13H,2,5-6,8-9,12H2. The summed E-state index contributed by atoms with van der Waals surface area (Å²) in [4.78, 5) is 21.3. The van der Waals surface area contributed by atoms with Gasteiger partial charge in [-0.2, -0.15) is 16.4 Å². The van der Waals surface area contributed by atoms with Crippen LogP contribution in [0, 0.1) is 0 Å². The van der Waals surface area contributed by atoms with Gasteiger partial charge in [0.05, 0.1) is 0 Å². The van der Waals surface area contributed by atoms with Crippen molar-refractivity contribution in [3.63, 3.8) is 0 Å². The van der Waals surface area contributed by atoms with E-state index in [2.05, 4.69) is 31.8 Å². The minimum absolute atomic E-state index is 0.00196. The molecule has 24 heavy (non-hydrogen) atoms. The topological polar surface area (TPSA) is 53.7 Å². The summed E-state index contributed by atoms with van der Waals surface area (Å²) in [6.45, 7) is 4.40. The average molecular weight is 341 g/mol. The maximum atomic E-state index is 12.8. The van der Waals surface area contributed by atoms with Crippen LogP contribution >= 0.6 is 11.3 Å². The van der Waals surface area contributed by atoms with Crippen molar-refractivity contribution in [3.8, 4) is 0 Å². The molecule has 0 N–H and O–H groups in total. The monoisotopic (exact) mass is 341 g/mol. The van der Waals surface area contributed by atoms with Gasteiger partial charge in [-0.25, -0.2) is 9.50 Å². The van der Waals surface area contributed by atoms with E-state index >= 15 is 0 Å². The number of fused-ring (bicyclic) bond motifs is 1. The smallest absolute Gasteiger partial charge is 0.274 e. The fourth-order valence-electron chi connectivity index (χ4n) is 3.07. The summed E-state index contributed by atoms with van der Waals surface area (Å²) in [6, 6.07) is 5.74. The SMILES string of the molecule is O=C(c1cc2ncccn2n1)N1CCCN(Cc2ccsc2)CC1. The maximum Gasteiger partial charge on any atom is 0.274 e. The van der Waals surface area contributed by atoms with Crippen molar-refractivity contribution in [2.75, 3.05) is 26.2 Å². The van der Waals surface area contributed by atoms with Gasteiger partial charge in [0.2, 0.25) is 0 Å². The van der Waals surface area contributed by atoms with Crippen molar-refractivity contribution in [2.24, 2.45) is 0 Å². The van der Waals surface area contributed by atoms with Gasteiger partial charge < -0.3 is 4.90 Å². The number of carbonyl (C=O) groups is 1. The average Bonchev–Trinajstić information content (AvgIpc) is 3.20. The highest BCUT2D eigenvalue weighted by atomic mass is 32.1. The molecule has 1 aliphatic heterocycles. The molecular formula is C17H19N5OS. The third-order valence-electron chi connectivity index (χ3n) is 4.32. The van der Waals surface area contributed by atoms with Crippen LogP contribution in [0.15, 0.2) is 41.4 Å². The van der Waals surface area contributed by atoms with Crippen LogP contribution in [0.1, 0.15) is 22.5 Å². The molecule has 4 heterocycles. The minimum atomic E-state index is -0.00196. The number of amides is 1. The van der Waals surface area contributed by atoms with E-state index in [-0.39, 0.29) is 5.91 Å². The predicted molar refractivity (Wildman–Crippen MR) is 93.1 cm³/mol. The highest BCUT2D eigenvalue weighted by molar-refractivity contribution is 7.07. The van der Waals surface area contributed by atoms with Crippen LogP contribution in [0.4, 0.5) is 0 Å². The van der Waals surface area contributed by atoms with E-state index in [0.717, 1.165) is 39.1 Å². The molecule has 0 saturated carbocycles. The molecule has 3 aromatic rings. The Morgan fingerprint density at radius 3 is 3.04 bits per heavy atom. The summed E-state index contributed by atoms with van der Waals surface area (Å²) < 4.78 is 1.65. The molecule has 6 nitrogen and oxygen atoms in total. The van der Waals surface area contributed by atoms with E-state index in [1.54, 1.807) is 28.1 Å². The summed E-state index contributed by atoms with van der Waals surface area (Å²) in [7, 11) is 0. The number of thiophene rings is 1. The van der Waals surface area contributed by atoms with Crippen LogP contribution < -0.4 is 0 Å². The molecule has 4 rings (SSSR count). The van der Waals surface area contributed by atoms with Crippen LogP contribution in [-0.2, 0) is 6.54 Å². The van der Waals surface area contributed by atoms with Gasteiger partial charge in [0.1, 0.15) is 0 Å². The van der Waals surface area contributed by atoms with Crippen molar-refractivity contribution in [1.82, 2.24) is 24.4 Å². The lowest BCUT2D eigenvalue weighted by Crippen LogP contribution is -2.35. The van der Waals surface area contributed by atoms with Gasteiger partial charge in [0, 0.05) is 51.2 Å². The first kappa shape index (κ1) is 15.3. The number of hydrogen-bond acceptors (Lipinski definition) is 5. The Hall–Kier alpha value is -2.25. The van der Waals surface area contributed by atoms with Crippen LogP contribution in [0.2, 0.25) is 0 Å². The van der Waals surface area contributed by atoms with Gasteiger partial charge in [-0.05, 0) is 34.9 Å². The molecule has 1 saturated heterocycles. The first-order chi connectivity index (χ1) is 11.8. The second kappa shape index (κ2) is 6.70. The number of rotatable bonds is 3. The van der Waals surface area contributed by atoms with E-state index in [0.29, 0.717) is 11.3 Å². The van der Waals surface area contributed by atoms with E-state index in [4.69, 9.17) is 0 Å². The van der Waals surface area contributed by atoms with Crippen molar-refractivity contribution in [2.45, 2.75) is 13.0 Å². The van der Waals surface area contributed by atoms with Gasteiger partial charge in [0.15, 0.2) is 11.3 Å². The van der Waals surface area contributed by atoms with Gasteiger partial charge in [-0.1, -0.05) is 0 Å². The zero-order valence-electron chi connectivity index (χ0n) is 13.3. The summed E-state index contributed by atoms with van der Waals surface area (Å²) in [5.74, 6) is -0.00196. The lowest BCUT2D eigenvalue weighted by atomic mass is 10.3. The Labute approximate surface area is 144 Å². The number of carbonyl (C=O) groups excluding carboxylic acids is 1. The van der Waals surface area contributed by atoms with Crippen molar-refractivity contribution in [1.29, 1.82) is 0 Å². The molecule has 0 unspecified atom stereocenters. The van der Waals surface area contributed by atoms with Gasteiger partial charge in [0.25, 0.3) is 5.91 Å². The summed E-state index contributed by atoms with van der Waals surface area (Å²) >= 11 is 1.73. The van der Waals surface area contributed by atoms with Gasteiger partial charge >= 0.3 is 0 Å². The largest absolute Gasteiger partial charge is 0.336 e. The fraction of sp³-hybridized carbons (Fsp3) is 0.353. The van der Waals surface area contributed by atoms with Crippen LogP contribution in [0.5, 0.6) is 0 Å². The van der Waals surface area contributed by atoms with Crippen LogP contribution in [0.25, 0.3) is 5.65 Å². The summed E-state index contributed by atoms with van der Waals surface area (Å²) in [5.41, 5.74) is 2.53. The molecular weight excluding hydrogens is 322 g/mol. The summed E-state index contributed by atoms with van der Waals surface area (Å²) in [5, 5.41) is 8.65. The Balaban J connectivity index is 1.43. The van der Waals surface area contributed by atoms with Gasteiger partial charge in [-0.15, -0.1) is 0 Å². The first-order valence-corrected chi connectivity index (χ1v) is 9.07. The molecule has 0 spiro atoms. The maximum absolute atomic E-state index is 12.8. The van der Waals surface area contributed by atoms with Crippen molar-refractivity contribution >= 4 is 22.9 Å². The highest BCUT2D eigenvalue weighted by Crippen LogP contribution is 2.14. The lowest BCUT2D eigenvalue weighted by molar-refractivity contribution is 0.0755. The minimum Gasteiger partial charge on any atom is -0.336 e. The Morgan fingerprint density at radius 1 is 1.25 bits per heavy atom. The number of hydrogen-bond donors (Lipinski definition) is 0. The molecule has 0 atom stereocenters. The molecule has 0 aromatic carbocycles. The van der Waals surface area contributed by atoms with E-state index < -0.39 is 0 Å². The number of aromatic nitrogens is 3. The van der Waals surface area contributed by atoms with Crippen LogP contribution in [0.3, 0.4) is 0 Å². The zero-order valence-corrected chi connectivity index (χ0v) is 14.2. The molecule has 1 aliphatic rings. The Bertz CT molecular complexity index is 796. The predicted octanol–water partition coefficient (Wildman–Crippen LogP) is 2.14. The fourth-order valence-corrected chi connectivity index (χ4v) is 3.73. The second-order valence-corrected chi connectivity index (χ2v) is 6.79. The molecule has 124 valence electrons. The zero-order chi connectivity index (χ0) is 16.4. The van der Waals surface area contributed by atoms with Crippen molar-refractivity contribution < 1.29 is 4.79 Å². The lowest BCUT2D eigenvalue weighted by Gasteiger charge is -2.21. The summed E-state index contributed by atoms with van der Waals surface area (Å²) in [6.07, 6.45) is 4.51. The van der Waals surface area contributed by atoms with E-state index in [9.17, 15) is 4.79 Å². The van der Waals surface area contributed by atoms with E-state index in [1.165, 1.54) is 5.56 Å². The normalized spacial score (nSPS) is 16.4. The Kier molecular flexibility index (Phi) is 4.27. The third kappa shape index (κ3) is 3.18. The first-order valence-electron chi connectivity index (χ1n) is 8.13. The quantitative estimate of drug-likeness (QED) is 0.732. The molecule has 0 bridgehead atoms. The second-order valence-electron chi connectivity index (χ2n) is 6.01. The molecule has 1 amide bonds. The number of nitrogens with zero attached hydrogens (tertiary/aromatic N) is 5. The molecule has 1 fully saturated rings.